The zero-order valence-electron chi connectivity index (χ0n) is 17.8. The summed E-state index contributed by atoms with van der Waals surface area (Å²) in [6, 6.07) is 4.52. The normalized spacial score (nSPS) is 22.2. The molecule has 1 N–H and O–H groups in total. The number of hydrogen-bond acceptors (Lipinski definition) is 7. The highest BCUT2D eigenvalue weighted by Crippen LogP contribution is 2.41. The third-order valence-electron chi connectivity index (χ3n) is 5.53. The van der Waals surface area contributed by atoms with E-state index in [1.165, 1.54) is 10.7 Å². The summed E-state index contributed by atoms with van der Waals surface area (Å²) in [5.74, 6) is 0.670. The second-order valence-corrected chi connectivity index (χ2v) is 7.87. The number of aromatic nitrogens is 3. The van der Waals surface area contributed by atoms with E-state index in [0.29, 0.717) is 36.6 Å². The highest BCUT2D eigenvalue weighted by atomic mass is 19.1. The lowest BCUT2D eigenvalue weighted by molar-refractivity contribution is 0.147. The molecular weight excluding hydrogens is 401 g/mol. The Hall–Kier alpha value is -3.07. The SMILES string of the molecule is COC1C=CC(C2CC2COc2cc(NCc3nc(C)ccc3F)c(=O)n(C)n2)=NC1. The van der Waals surface area contributed by atoms with E-state index in [-0.39, 0.29) is 29.6 Å². The van der Waals surface area contributed by atoms with Gasteiger partial charge in [-0.1, -0.05) is 6.08 Å². The maximum atomic E-state index is 13.9. The van der Waals surface area contributed by atoms with Crippen LogP contribution in [-0.2, 0) is 18.3 Å². The number of aryl methyl sites for hydroxylation is 2. The van der Waals surface area contributed by atoms with Crippen molar-refractivity contribution in [2.24, 2.45) is 23.9 Å². The lowest BCUT2D eigenvalue weighted by Crippen LogP contribution is -2.24. The molecule has 31 heavy (non-hydrogen) atoms. The van der Waals surface area contributed by atoms with Gasteiger partial charge in [0.2, 0.25) is 5.88 Å². The van der Waals surface area contributed by atoms with Crippen LogP contribution in [0.3, 0.4) is 0 Å². The minimum atomic E-state index is -0.420. The summed E-state index contributed by atoms with van der Waals surface area (Å²) < 4.78 is 26.3. The van der Waals surface area contributed by atoms with Crippen molar-refractivity contribution in [1.29, 1.82) is 0 Å². The number of anilines is 1. The maximum Gasteiger partial charge on any atom is 0.290 e. The predicted octanol–water partition coefficient (Wildman–Crippen LogP) is 2.28. The molecule has 0 spiro atoms. The fourth-order valence-corrected chi connectivity index (χ4v) is 3.57. The van der Waals surface area contributed by atoms with Crippen LogP contribution in [0, 0.1) is 24.6 Å². The van der Waals surface area contributed by atoms with Crippen LogP contribution < -0.4 is 15.6 Å². The van der Waals surface area contributed by atoms with Crippen LogP contribution in [0.15, 0.2) is 40.1 Å². The van der Waals surface area contributed by atoms with Crippen molar-refractivity contribution in [2.75, 3.05) is 25.6 Å². The van der Waals surface area contributed by atoms with Crippen molar-refractivity contribution >= 4 is 11.4 Å². The maximum absolute atomic E-state index is 13.9. The number of ether oxygens (including phenoxy) is 2. The average Bonchev–Trinajstić information content (AvgIpc) is 3.55. The Morgan fingerprint density at radius 3 is 2.94 bits per heavy atom. The fraction of sp³-hybridized carbons (Fsp3) is 0.455. The van der Waals surface area contributed by atoms with Gasteiger partial charge in [0.05, 0.1) is 31.5 Å². The van der Waals surface area contributed by atoms with E-state index < -0.39 is 5.82 Å². The van der Waals surface area contributed by atoms with Gasteiger partial charge in [0, 0.05) is 43.5 Å². The number of hydrogen-bond donors (Lipinski definition) is 1. The standard InChI is InChI=1S/C22H26FN5O3/c1-13-4-6-17(23)20(26-13)11-25-19-9-21(27-28(2)22(19)29)31-12-14-8-16(14)18-7-5-15(30-3)10-24-18/h4-7,9,14-16,25H,8,10-12H2,1-3H3. The second-order valence-electron chi connectivity index (χ2n) is 7.87. The Morgan fingerprint density at radius 2 is 2.19 bits per heavy atom. The van der Waals surface area contributed by atoms with Crippen molar-refractivity contribution < 1.29 is 13.9 Å². The van der Waals surface area contributed by atoms with Crippen LogP contribution in [0.1, 0.15) is 17.8 Å². The number of aliphatic imine (C=N–C) groups is 1. The molecule has 1 aliphatic carbocycles. The molecule has 2 aromatic rings. The summed E-state index contributed by atoms with van der Waals surface area (Å²) in [4.78, 5) is 21.2. The zero-order chi connectivity index (χ0) is 22.0. The minimum Gasteiger partial charge on any atom is -0.476 e. The summed E-state index contributed by atoms with van der Waals surface area (Å²) in [6.45, 7) is 3.02. The summed E-state index contributed by atoms with van der Waals surface area (Å²) in [6.07, 6.45) is 5.14. The van der Waals surface area contributed by atoms with Crippen LogP contribution >= 0.6 is 0 Å². The molecule has 1 fully saturated rings. The molecule has 164 valence electrons. The molecule has 0 bridgehead atoms. The van der Waals surface area contributed by atoms with Crippen LogP contribution in [-0.4, -0.2) is 46.8 Å². The van der Waals surface area contributed by atoms with Gasteiger partial charge in [-0.15, -0.1) is 5.10 Å². The van der Waals surface area contributed by atoms with Crippen LogP contribution in [0.2, 0.25) is 0 Å². The highest BCUT2D eigenvalue weighted by Gasteiger charge is 2.41. The van der Waals surface area contributed by atoms with Gasteiger partial charge in [-0.05, 0) is 31.6 Å². The quantitative estimate of drug-likeness (QED) is 0.695. The van der Waals surface area contributed by atoms with Crippen molar-refractivity contribution in [3.05, 3.63) is 57.9 Å². The monoisotopic (exact) mass is 427 g/mol. The van der Waals surface area contributed by atoms with Gasteiger partial charge in [-0.2, -0.15) is 0 Å². The van der Waals surface area contributed by atoms with Crippen LogP contribution in [0.25, 0.3) is 0 Å². The molecular formula is C22H26FN5O3. The van der Waals surface area contributed by atoms with Crippen molar-refractivity contribution in [1.82, 2.24) is 14.8 Å². The third-order valence-corrected chi connectivity index (χ3v) is 5.53. The number of methoxy groups -OCH3 is 1. The van der Waals surface area contributed by atoms with Gasteiger partial charge in [-0.3, -0.25) is 14.8 Å². The molecule has 2 aromatic heterocycles. The van der Waals surface area contributed by atoms with E-state index in [1.54, 1.807) is 33.2 Å². The summed E-state index contributed by atoms with van der Waals surface area (Å²) in [5, 5.41) is 7.13. The van der Waals surface area contributed by atoms with Gasteiger partial charge in [0.25, 0.3) is 5.56 Å². The number of pyridine rings is 1. The van der Waals surface area contributed by atoms with Gasteiger partial charge in [0.1, 0.15) is 11.5 Å². The summed E-state index contributed by atoms with van der Waals surface area (Å²) >= 11 is 0. The largest absolute Gasteiger partial charge is 0.476 e. The molecule has 0 amide bonds. The number of dihydropyridines is 1. The first-order valence-electron chi connectivity index (χ1n) is 10.3. The molecule has 0 saturated heterocycles. The summed E-state index contributed by atoms with van der Waals surface area (Å²) in [5.41, 5.74) is 2.01. The van der Waals surface area contributed by atoms with E-state index in [4.69, 9.17) is 9.47 Å². The fourth-order valence-electron chi connectivity index (χ4n) is 3.57. The molecule has 0 radical (unpaired) electrons. The minimum absolute atomic E-state index is 0.0569. The number of nitrogens with zero attached hydrogens (tertiary/aromatic N) is 4. The van der Waals surface area contributed by atoms with E-state index in [0.717, 1.165) is 12.1 Å². The third kappa shape index (κ3) is 4.99. The first-order valence-corrected chi connectivity index (χ1v) is 10.3. The van der Waals surface area contributed by atoms with Gasteiger partial charge < -0.3 is 14.8 Å². The lowest BCUT2D eigenvalue weighted by Gasteiger charge is -2.14. The molecule has 1 saturated carbocycles. The van der Waals surface area contributed by atoms with E-state index in [1.807, 2.05) is 12.2 Å². The molecule has 1 aliphatic heterocycles. The Kier molecular flexibility index (Phi) is 6.13. The smallest absolute Gasteiger partial charge is 0.290 e. The Labute approximate surface area is 179 Å². The Bertz CT molecular complexity index is 1080. The molecule has 3 unspecified atom stereocenters. The topological polar surface area (TPSA) is 90.6 Å². The molecule has 8 nitrogen and oxygen atoms in total. The van der Waals surface area contributed by atoms with E-state index in [9.17, 15) is 9.18 Å². The van der Waals surface area contributed by atoms with Crippen molar-refractivity contribution in [3.8, 4) is 5.88 Å². The van der Waals surface area contributed by atoms with Gasteiger partial charge in [-0.25, -0.2) is 9.07 Å². The van der Waals surface area contributed by atoms with Gasteiger partial charge in [0.15, 0.2) is 0 Å². The number of rotatable bonds is 8. The number of allylic oxidation sites excluding steroid dienone is 1. The molecule has 4 rings (SSSR count). The summed E-state index contributed by atoms with van der Waals surface area (Å²) in [7, 11) is 3.24. The first-order chi connectivity index (χ1) is 14.9. The highest BCUT2D eigenvalue weighted by molar-refractivity contribution is 5.99. The molecule has 3 atom stereocenters. The zero-order valence-corrected chi connectivity index (χ0v) is 17.8. The molecule has 9 heteroatoms. The molecule has 2 aliphatic rings. The number of halogens is 1. The van der Waals surface area contributed by atoms with Crippen molar-refractivity contribution in [3.63, 3.8) is 0 Å². The second kappa shape index (κ2) is 8.97. The van der Waals surface area contributed by atoms with E-state index >= 15 is 0 Å². The first kappa shape index (κ1) is 21.2. The van der Waals surface area contributed by atoms with Crippen LogP contribution in [0.4, 0.5) is 10.1 Å². The average molecular weight is 427 g/mol. The Morgan fingerprint density at radius 1 is 1.35 bits per heavy atom. The van der Waals surface area contributed by atoms with Crippen molar-refractivity contribution in [2.45, 2.75) is 26.0 Å². The Balaban J connectivity index is 1.36. The van der Waals surface area contributed by atoms with E-state index in [2.05, 4.69) is 20.4 Å². The lowest BCUT2D eigenvalue weighted by atomic mass is 10.1. The number of nitrogens with one attached hydrogen (secondary N) is 1. The van der Waals surface area contributed by atoms with Crippen LogP contribution in [0.5, 0.6) is 5.88 Å². The molecule has 0 aromatic carbocycles. The molecule has 3 heterocycles. The van der Waals surface area contributed by atoms with Gasteiger partial charge >= 0.3 is 0 Å². The predicted molar refractivity (Wildman–Crippen MR) is 115 cm³/mol.